The number of carboxylic acids is 1. The van der Waals surface area contributed by atoms with Crippen LogP contribution in [0.5, 0.6) is 0 Å². The number of nitriles is 1. The monoisotopic (exact) mass is 235 g/mol. The number of carbonyl (C=O) groups is 1. The predicted molar refractivity (Wildman–Crippen MR) is 52.9 cm³/mol. The summed E-state index contributed by atoms with van der Waals surface area (Å²) in [6, 6.07) is 1.80. The van der Waals surface area contributed by atoms with Crippen LogP contribution in [0, 0.1) is 11.3 Å². The number of carboxylic acid groups (broad SMARTS) is 1. The van der Waals surface area contributed by atoms with Crippen LogP contribution >= 0.6 is 11.3 Å². The number of aromatic carboxylic acids is 1. The molecule has 1 N–H and O–H groups in total. The SMILES string of the molecule is N#Cc1ncn(Cc2csc(C(=O)O)n2)n1. The largest absolute Gasteiger partial charge is 0.476 e. The van der Waals surface area contributed by atoms with Crippen LogP contribution in [0.1, 0.15) is 21.3 Å². The molecule has 7 nitrogen and oxygen atoms in total. The van der Waals surface area contributed by atoms with Gasteiger partial charge in [-0.1, -0.05) is 0 Å². The van der Waals surface area contributed by atoms with Gasteiger partial charge in [0, 0.05) is 5.38 Å². The van der Waals surface area contributed by atoms with Gasteiger partial charge in [0.25, 0.3) is 5.82 Å². The van der Waals surface area contributed by atoms with E-state index >= 15 is 0 Å². The highest BCUT2D eigenvalue weighted by Crippen LogP contribution is 2.10. The van der Waals surface area contributed by atoms with Crippen molar-refractivity contribution in [3.8, 4) is 6.07 Å². The lowest BCUT2D eigenvalue weighted by atomic mass is 10.5. The molecule has 2 rings (SSSR count). The zero-order valence-corrected chi connectivity index (χ0v) is 8.68. The lowest BCUT2D eigenvalue weighted by Gasteiger charge is -1.94. The summed E-state index contributed by atoms with van der Waals surface area (Å²) < 4.78 is 1.43. The molecule has 0 spiro atoms. The highest BCUT2D eigenvalue weighted by atomic mass is 32.1. The van der Waals surface area contributed by atoms with Gasteiger partial charge in [-0.25, -0.2) is 19.4 Å². The van der Waals surface area contributed by atoms with Gasteiger partial charge in [0.15, 0.2) is 0 Å². The third kappa shape index (κ3) is 2.04. The molecular formula is C8H5N5O2S. The summed E-state index contributed by atoms with van der Waals surface area (Å²) in [5, 5.41) is 22.7. The Morgan fingerprint density at radius 3 is 3.06 bits per heavy atom. The second kappa shape index (κ2) is 4.08. The smallest absolute Gasteiger partial charge is 0.365 e. The molecule has 0 aliphatic carbocycles. The Bertz CT molecular complexity index is 567. The van der Waals surface area contributed by atoms with Gasteiger partial charge in [0.2, 0.25) is 5.01 Å². The molecule has 0 radical (unpaired) electrons. The van der Waals surface area contributed by atoms with E-state index in [1.807, 2.05) is 0 Å². The van der Waals surface area contributed by atoms with Crippen LogP contribution in [-0.4, -0.2) is 30.8 Å². The second-order valence-electron chi connectivity index (χ2n) is 2.83. The fourth-order valence-electron chi connectivity index (χ4n) is 1.07. The normalized spacial score (nSPS) is 9.94. The van der Waals surface area contributed by atoms with Crippen LogP contribution in [0.15, 0.2) is 11.7 Å². The number of hydrogen-bond acceptors (Lipinski definition) is 6. The molecular weight excluding hydrogens is 230 g/mol. The van der Waals surface area contributed by atoms with Crippen molar-refractivity contribution < 1.29 is 9.90 Å². The first kappa shape index (κ1) is 10.3. The molecule has 2 heterocycles. The Morgan fingerprint density at radius 2 is 2.50 bits per heavy atom. The first-order valence-electron chi connectivity index (χ1n) is 4.16. The van der Waals surface area contributed by atoms with Crippen molar-refractivity contribution in [1.82, 2.24) is 19.7 Å². The van der Waals surface area contributed by atoms with Gasteiger partial charge >= 0.3 is 5.97 Å². The van der Waals surface area contributed by atoms with Crippen LogP contribution in [0.25, 0.3) is 0 Å². The maximum absolute atomic E-state index is 10.6. The minimum absolute atomic E-state index is 0.0376. The summed E-state index contributed by atoms with van der Waals surface area (Å²) in [5.41, 5.74) is 0.580. The minimum atomic E-state index is -1.05. The minimum Gasteiger partial charge on any atom is -0.476 e. The highest BCUT2D eigenvalue weighted by molar-refractivity contribution is 7.11. The molecule has 0 fully saturated rings. The summed E-state index contributed by atoms with van der Waals surface area (Å²) in [6.45, 7) is 0.304. The molecule has 0 atom stereocenters. The molecule has 0 aromatic carbocycles. The van der Waals surface area contributed by atoms with Crippen molar-refractivity contribution in [2.45, 2.75) is 6.54 Å². The van der Waals surface area contributed by atoms with Crippen molar-refractivity contribution in [2.75, 3.05) is 0 Å². The van der Waals surface area contributed by atoms with Crippen LogP contribution in [-0.2, 0) is 6.54 Å². The van der Waals surface area contributed by atoms with Crippen LogP contribution < -0.4 is 0 Å². The summed E-state index contributed by atoms with van der Waals surface area (Å²) >= 11 is 1.05. The van der Waals surface area contributed by atoms with Crippen molar-refractivity contribution in [2.24, 2.45) is 0 Å². The van der Waals surface area contributed by atoms with Crippen molar-refractivity contribution in [3.05, 3.63) is 28.2 Å². The van der Waals surface area contributed by atoms with E-state index in [0.29, 0.717) is 12.2 Å². The Balaban J connectivity index is 2.14. The van der Waals surface area contributed by atoms with E-state index in [9.17, 15) is 4.79 Å². The number of hydrogen-bond donors (Lipinski definition) is 1. The van der Waals surface area contributed by atoms with E-state index in [1.54, 1.807) is 11.4 Å². The van der Waals surface area contributed by atoms with E-state index in [0.717, 1.165) is 11.3 Å². The molecule has 0 aliphatic heterocycles. The Labute approximate surface area is 93.6 Å². The quantitative estimate of drug-likeness (QED) is 0.823. The number of rotatable bonds is 3. The zero-order valence-electron chi connectivity index (χ0n) is 7.86. The molecule has 0 amide bonds. The zero-order chi connectivity index (χ0) is 11.5. The average Bonchev–Trinajstić information content (AvgIpc) is 2.87. The molecule has 16 heavy (non-hydrogen) atoms. The third-order valence-corrected chi connectivity index (χ3v) is 2.57. The van der Waals surface area contributed by atoms with E-state index < -0.39 is 5.97 Å². The van der Waals surface area contributed by atoms with Crippen molar-refractivity contribution >= 4 is 17.3 Å². The Hall–Kier alpha value is -2.27. The first-order chi connectivity index (χ1) is 7.69. The van der Waals surface area contributed by atoms with E-state index in [4.69, 9.17) is 10.4 Å². The maximum atomic E-state index is 10.6. The van der Waals surface area contributed by atoms with Gasteiger partial charge in [0.05, 0.1) is 12.2 Å². The topological polar surface area (TPSA) is 105 Å². The second-order valence-corrected chi connectivity index (χ2v) is 3.68. The van der Waals surface area contributed by atoms with Crippen molar-refractivity contribution in [3.63, 3.8) is 0 Å². The number of thiazole rings is 1. The van der Waals surface area contributed by atoms with Crippen LogP contribution in [0.4, 0.5) is 0 Å². The number of aromatic nitrogens is 4. The third-order valence-electron chi connectivity index (χ3n) is 1.70. The predicted octanol–water partition coefficient (Wildman–Crippen LogP) is 0.353. The van der Waals surface area contributed by atoms with E-state index in [-0.39, 0.29) is 10.8 Å². The van der Waals surface area contributed by atoms with Crippen LogP contribution in [0.3, 0.4) is 0 Å². The average molecular weight is 235 g/mol. The Morgan fingerprint density at radius 1 is 1.69 bits per heavy atom. The van der Waals surface area contributed by atoms with Gasteiger partial charge in [-0.15, -0.1) is 16.4 Å². The molecule has 0 saturated heterocycles. The summed E-state index contributed by atoms with van der Waals surface area (Å²) in [4.78, 5) is 18.2. The molecule has 0 unspecified atom stereocenters. The van der Waals surface area contributed by atoms with Gasteiger partial charge in [0.1, 0.15) is 12.4 Å². The van der Waals surface area contributed by atoms with Gasteiger partial charge < -0.3 is 5.11 Å². The fraction of sp³-hybridized carbons (Fsp3) is 0.125. The van der Waals surface area contributed by atoms with E-state index in [1.165, 1.54) is 11.0 Å². The summed E-state index contributed by atoms with van der Waals surface area (Å²) in [6.07, 6.45) is 1.40. The maximum Gasteiger partial charge on any atom is 0.365 e. The number of nitrogens with zero attached hydrogens (tertiary/aromatic N) is 5. The van der Waals surface area contributed by atoms with Crippen molar-refractivity contribution in [1.29, 1.82) is 5.26 Å². The standard InChI is InChI=1S/C8H5N5O2S/c9-1-6-10-4-13(12-6)2-5-3-16-7(11-5)8(14)15/h3-4H,2H2,(H,14,15). The lowest BCUT2D eigenvalue weighted by molar-refractivity contribution is 0.0696. The summed E-state index contributed by atoms with van der Waals surface area (Å²) in [7, 11) is 0. The molecule has 80 valence electrons. The highest BCUT2D eigenvalue weighted by Gasteiger charge is 2.09. The van der Waals surface area contributed by atoms with E-state index in [2.05, 4.69) is 15.1 Å². The molecule has 0 aliphatic rings. The van der Waals surface area contributed by atoms with Gasteiger partial charge in [-0.2, -0.15) is 5.26 Å². The van der Waals surface area contributed by atoms with Gasteiger partial charge in [-0.05, 0) is 0 Å². The molecule has 2 aromatic heterocycles. The van der Waals surface area contributed by atoms with Gasteiger partial charge in [-0.3, -0.25) is 0 Å². The molecule has 0 saturated carbocycles. The fourth-order valence-corrected chi connectivity index (χ4v) is 1.71. The van der Waals surface area contributed by atoms with Crippen LogP contribution in [0.2, 0.25) is 0 Å². The molecule has 8 heteroatoms. The summed E-state index contributed by atoms with van der Waals surface area (Å²) in [5.74, 6) is -0.971. The Kier molecular flexibility index (Phi) is 2.61. The lowest BCUT2D eigenvalue weighted by Crippen LogP contribution is -2.02. The molecule has 2 aromatic rings. The molecule has 0 bridgehead atoms. The first-order valence-corrected chi connectivity index (χ1v) is 5.04.